The van der Waals surface area contributed by atoms with Gasteiger partial charge < -0.3 is 18.9 Å². The molecule has 1 aliphatic heterocycles. The normalized spacial score (nSPS) is 24.3. The molecule has 1 saturated carbocycles. The maximum absolute atomic E-state index is 12.0. The van der Waals surface area contributed by atoms with Crippen molar-refractivity contribution in [3.05, 3.63) is 11.7 Å². The lowest BCUT2D eigenvalue weighted by atomic mass is 9.84. The molecule has 0 bridgehead atoms. The molecule has 1 aromatic rings. The quantitative estimate of drug-likeness (QED) is 0.795. The first kappa shape index (κ1) is 16.4. The molecule has 1 aliphatic carbocycles. The number of nitrogens with zero attached hydrogens (tertiary/aromatic N) is 3. The van der Waals surface area contributed by atoms with Crippen LogP contribution in [-0.2, 0) is 19.9 Å². The van der Waals surface area contributed by atoms with E-state index in [1.807, 2.05) is 0 Å². The molecule has 0 spiro atoms. The Bertz CT molecular complexity index is 539. The van der Waals surface area contributed by atoms with Gasteiger partial charge in [0.2, 0.25) is 17.6 Å². The summed E-state index contributed by atoms with van der Waals surface area (Å²) in [6.07, 6.45) is 5.72. The predicted molar refractivity (Wildman–Crippen MR) is 81.9 cm³/mol. The SMILES string of the molecule is COCCN1CC(c2nc(C3(OC)CCCCC3)no2)CC1=O. The predicted octanol–water partition coefficient (Wildman–Crippen LogP) is 1.84. The minimum atomic E-state index is -0.418. The lowest BCUT2D eigenvalue weighted by Gasteiger charge is -2.32. The van der Waals surface area contributed by atoms with Crippen LogP contribution in [0.1, 0.15) is 56.2 Å². The summed E-state index contributed by atoms with van der Waals surface area (Å²) in [5.74, 6) is 1.27. The van der Waals surface area contributed by atoms with Crippen molar-refractivity contribution in [2.45, 2.75) is 50.0 Å². The molecule has 1 atom stereocenters. The average Bonchev–Trinajstić information content (AvgIpc) is 3.21. The molecule has 0 aromatic carbocycles. The van der Waals surface area contributed by atoms with Gasteiger partial charge >= 0.3 is 0 Å². The number of likely N-dealkylation sites (tertiary alicyclic amines) is 1. The summed E-state index contributed by atoms with van der Waals surface area (Å²) >= 11 is 0. The molecule has 2 aliphatic rings. The standard InChI is InChI=1S/C16H25N3O4/c1-21-9-8-19-11-12(10-13(19)20)14-17-15(18-23-14)16(22-2)6-4-3-5-7-16/h12H,3-11H2,1-2H3. The molecule has 2 heterocycles. The Hall–Kier alpha value is -1.47. The highest BCUT2D eigenvalue weighted by Gasteiger charge is 2.40. The van der Waals surface area contributed by atoms with Gasteiger partial charge in [0.1, 0.15) is 5.60 Å². The third-order valence-corrected chi connectivity index (χ3v) is 5.03. The molecule has 128 valence electrons. The van der Waals surface area contributed by atoms with Gasteiger partial charge in [0, 0.05) is 33.7 Å². The van der Waals surface area contributed by atoms with E-state index in [0.717, 1.165) is 25.7 Å². The van der Waals surface area contributed by atoms with Gasteiger partial charge in [-0.3, -0.25) is 4.79 Å². The van der Waals surface area contributed by atoms with Crippen LogP contribution in [0, 0.1) is 0 Å². The van der Waals surface area contributed by atoms with Gasteiger partial charge in [-0.15, -0.1) is 0 Å². The number of aromatic nitrogens is 2. The van der Waals surface area contributed by atoms with E-state index in [4.69, 9.17) is 14.0 Å². The Morgan fingerprint density at radius 3 is 2.78 bits per heavy atom. The largest absolute Gasteiger partial charge is 0.383 e. The van der Waals surface area contributed by atoms with Crippen LogP contribution in [0.15, 0.2) is 4.52 Å². The van der Waals surface area contributed by atoms with Gasteiger partial charge in [-0.05, 0) is 12.8 Å². The maximum Gasteiger partial charge on any atom is 0.232 e. The third kappa shape index (κ3) is 3.26. The Balaban J connectivity index is 1.71. The number of hydrogen-bond donors (Lipinski definition) is 0. The highest BCUT2D eigenvalue weighted by molar-refractivity contribution is 5.79. The van der Waals surface area contributed by atoms with Crippen LogP contribution in [0.4, 0.5) is 0 Å². The van der Waals surface area contributed by atoms with Gasteiger partial charge in [0.05, 0.1) is 12.5 Å². The first-order valence-electron chi connectivity index (χ1n) is 8.34. The molecular weight excluding hydrogens is 298 g/mol. The fourth-order valence-corrected chi connectivity index (χ4v) is 3.58. The molecule has 7 heteroatoms. The van der Waals surface area contributed by atoms with E-state index in [1.165, 1.54) is 6.42 Å². The molecule has 1 unspecified atom stereocenters. The Kier molecular flexibility index (Phi) is 4.96. The highest BCUT2D eigenvalue weighted by atomic mass is 16.5. The summed E-state index contributed by atoms with van der Waals surface area (Å²) < 4.78 is 16.3. The number of rotatable bonds is 6. The van der Waals surface area contributed by atoms with E-state index < -0.39 is 5.60 Å². The summed E-state index contributed by atoms with van der Waals surface area (Å²) in [6.45, 7) is 1.76. The number of ether oxygens (including phenoxy) is 2. The zero-order valence-corrected chi connectivity index (χ0v) is 13.9. The zero-order chi connectivity index (χ0) is 16.3. The van der Waals surface area contributed by atoms with E-state index in [2.05, 4.69) is 10.1 Å². The van der Waals surface area contributed by atoms with Crippen LogP contribution in [0.25, 0.3) is 0 Å². The van der Waals surface area contributed by atoms with E-state index in [0.29, 0.717) is 37.8 Å². The Morgan fingerprint density at radius 1 is 1.30 bits per heavy atom. The number of amides is 1. The van der Waals surface area contributed by atoms with Crippen molar-refractivity contribution in [3.8, 4) is 0 Å². The van der Waals surface area contributed by atoms with Gasteiger partial charge in [0.25, 0.3) is 0 Å². The van der Waals surface area contributed by atoms with Gasteiger partial charge in [-0.1, -0.05) is 24.4 Å². The average molecular weight is 323 g/mol. The Morgan fingerprint density at radius 2 is 2.09 bits per heavy atom. The first-order valence-corrected chi connectivity index (χ1v) is 8.34. The van der Waals surface area contributed by atoms with Crippen molar-refractivity contribution < 1.29 is 18.8 Å². The smallest absolute Gasteiger partial charge is 0.232 e. The molecule has 2 fully saturated rings. The van der Waals surface area contributed by atoms with Gasteiger partial charge in [-0.2, -0.15) is 4.98 Å². The second-order valence-corrected chi connectivity index (χ2v) is 6.45. The van der Waals surface area contributed by atoms with Crippen LogP contribution in [0.2, 0.25) is 0 Å². The third-order valence-electron chi connectivity index (χ3n) is 5.03. The topological polar surface area (TPSA) is 77.7 Å². The number of methoxy groups -OCH3 is 2. The molecule has 1 saturated heterocycles. The summed E-state index contributed by atoms with van der Waals surface area (Å²) in [4.78, 5) is 18.4. The summed E-state index contributed by atoms with van der Waals surface area (Å²) in [7, 11) is 3.35. The molecule has 0 radical (unpaired) electrons. The van der Waals surface area contributed by atoms with Crippen molar-refractivity contribution >= 4 is 5.91 Å². The fourth-order valence-electron chi connectivity index (χ4n) is 3.58. The number of carbonyl (C=O) groups excluding carboxylic acids is 1. The fraction of sp³-hybridized carbons (Fsp3) is 0.812. The van der Waals surface area contributed by atoms with Crippen molar-refractivity contribution in [2.24, 2.45) is 0 Å². The molecule has 7 nitrogen and oxygen atoms in total. The van der Waals surface area contributed by atoms with Crippen molar-refractivity contribution in [3.63, 3.8) is 0 Å². The summed E-state index contributed by atoms with van der Waals surface area (Å²) in [5.41, 5.74) is -0.418. The van der Waals surface area contributed by atoms with E-state index in [9.17, 15) is 4.79 Å². The lowest BCUT2D eigenvalue weighted by molar-refractivity contribution is -0.128. The minimum absolute atomic E-state index is 0.0295. The molecule has 23 heavy (non-hydrogen) atoms. The zero-order valence-electron chi connectivity index (χ0n) is 13.9. The molecule has 3 rings (SSSR count). The van der Waals surface area contributed by atoms with E-state index in [1.54, 1.807) is 19.1 Å². The van der Waals surface area contributed by atoms with Crippen LogP contribution in [-0.4, -0.2) is 54.9 Å². The molecule has 0 N–H and O–H groups in total. The molecular formula is C16H25N3O4. The van der Waals surface area contributed by atoms with Crippen LogP contribution in [0.5, 0.6) is 0 Å². The highest BCUT2D eigenvalue weighted by Crippen LogP contribution is 2.39. The van der Waals surface area contributed by atoms with E-state index in [-0.39, 0.29) is 11.8 Å². The van der Waals surface area contributed by atoms with Crippen LogP contribution < -0.4 is 0 Å². The molecule has 1 amide bonds. The van der Waals surface area contributed by atoms with Crippen LogP contribution in [0.3, 0.4) is 0 Å². The minimum Gasteiger partial charge on any atom is -0.383 e. The van der Waals surface area contributed by atoms with Crippen molar-refractivity contribution in [1.82, 2.24) is 15.0 Å². The lowest BCUT2D eigenvalue weighted by Crippen LogP contribution is -2.32. The number of carbonyl (C=O) groups is 1. The number of hydrogen-bond acceptors (Lipinski definition) is 6. The monoisotopic (exact) mass is 323 g/mol. The Labute approximate surface area is 136 Å². The van der Waals surface area contributed by atoms with E-state index >= 15 is 0 Å². The second kappa shape index (κ2) is 6.97. The van der Waals surface area contributed by atoms with Gasteiger partial charge in [0.15, 0.2) is 0 Å². The summed E-state index contributed by atoms with van der Waals surface area (Å²) in [6, 6.07) is 0. The second-order valence-electron chi connectivity index (χ2n) is 6.45. The van der Waals surface area contributed by atoms with Gasteiger partial charge in [-0.25, -0.2) is 0 Å². The summed E-state index contributed by atoms with van der Waals surface area (Å²) in [5, 5.41) is 4.17. The van der Waals surface area contributed by atoms with Crippen molar-refractivity contribution in [2.75, 3.05) is 33.9 Å². The maximum atomic E-state index is 12.0. The van der Waals surface area contributed by atoms with Crippen LogP contribution >= 0.6 is 0 Å². The van der Waals surface area contributed by atoms with Crippen molar-refractivity contribution in [1.29, 1.82) is 0 Å². The first-order chi connectivity index (χ1) is 11.2. The molecule has 1 aromatic heterocycles.